The van der Waals surface area contributed by atoms with E-state index >= 15 is 0 Å². The quantitative estimate of drug-likeness (QED) is 0.646. The predicted octanol–water partition coefficient (Wildman–Crippen LogP) is 0.126. The maximum Gasteiger partial charge on any atom is 0.309 e. The van der Waals surface area contributed by atoms with Gasteiger partial charge in [-0.3, -0.25) is 9.59 Å². The fourth-order valence-electron chi connectivity index (χ4n) is 1.37. The van der Waals surface area contributed by atoms with Gasteiger partial charge in [0.15, 0.2) is 0 Å². The van der Waals surface area contributed by atoms with E-state index in [-0.39, 0.29) is 13.1 Å². The van der Waals surface area contributed by atoms with Gasteiger partial charge in [-0.15, -0.1) is 0 Å². The van der Waals surface area contributed by atoms with Crippen molar-refractivity contribution in [3.8, 4) is 0 Å². The van der Waals surface area contributed by atoms with Crippen LogP contribution in [0.15, 0.2) is 22.8 Å². The molecular weight excluding hydrogens is 268 g/mol. The molecule has 1 unspecified atom stereocenters. The second kappa shape index (κ2) is 7.20. The number of amides is 2. The van der Waals surface area contributed by atoms with Crippen LogP contribution in [0.25, 0.3) is 0 Å². The van der Waals surface area contributed by atoms with Gasteiger partial charge in [0.2, 0.25) is 0 Å². The maximum absolute atomic E-state index is 11.5. The molecule has 1 aromatic heterocycles. The van der Waals surface area contributed by atoms with Gasteiger partial charge in [-0.2, -0.15) is 11.8 Å². The van der Waals surface area contributed by atoms with Crippen LogP contribution in [0.4, 0.5) is 0 Å². The molecule has 106 valence electrons. The molecule has 1 rings (SSSR count). The first kappa shape index (κ1) is 15.6. The van der Waals surface area contributed by atoms with Crippen LogP contribution in [0.5, 0.6) is 0 Å². The van der Waals surface area contributed by atoms with Gasteiger partial charge >= 0.3 is 11.8 Å². The molecule has 3 N–H and O–H groups in total. The first-order chi connectivity index (χ1) is 8.94. The monoisotopic (exact) mass is 286 g/mol. The lowest BCUT2D eigenvalue weighted by molar-refractivity contribution is -0.139. The average molecular weight is 286 g/mol. The van der Waals surface area contributed by atoms with Gasteiger partial charge in [-0.05, 0) is 25.3 Å². The zero-order valence-electron chi connectivity index (χ0n) is 10.9. The Morgan fingerprint density at radius 2 is 2.11 bits per heavy atom. The highest BCUT2D eigenvalue weighted by Gasteiger charge is 2.22. The zero-order valence-corrected chi connectivity index (χ0v) is 11.8. The van der Waals surface area contributed by atoms with Gasteiger partial charge in [0, 0.05) is 12.3 Å². The highest BCUT2D eigenvalue weighted by atomic mass is 32.2. The summed E-state index contributed by atoms with van der Waals surface area (Å²) < 4.78 is 5.02. The summed E-state index contributed by atoms with van der Waals surface area (Å²) in [6.45, 7) is 1.78. The highest BCUT2D eigenvalue weighted by molar-refractivity contribution is 7.98. The summed E-state index contributed by atoms with van der Waals surface area (Å²) in [6.07, 6.45) is 3.34. The molecule has 0 saturated carbocycles. The molecule has 0 bridgehead atoms. The van der Waals surface area contributed by atoms with Crippen LogP contribution >= 0.6 is 11.8 Å². The Morgan fingerprint density at radius 1 is 1.42 bits per heavy atom. The lowest BCUT2D eigenvalue weighted by Crippen LogP contribution is -2.47. The second-order valence-corrected chi connectivity index (χ2v) is 5.24. The Hall–Kier alpha value is -1.47. The largest absolute Gasteiger partial charge is 0.467 e. The van der Waals surface area contributed by atoms with E-state index in [1.807, 2.05) is 6.26 Å². The predicted molar refractivity (Wildman–Crippen MR) is 72.6 cm³/mol. The Morgan fingerprint density at radius 3 is 2.68 bits per heavy atom. The molecule has 6 nitrogen and oxygen atoms in total. The van der Waals surface area contributed by atoms with Crippen molar-refractivity contribution in [1.29, 1.82) is 0 Å². The number of carbonyl (C=O) groups is 2. The molecule has 0 aliphatic rings. The lowest BCUT2D eigenvalue weighted by Gasteiger charge is -2.22. The normalized spacial score (nSPS) is 13.6. The molecule has 1 atom stereocenters. The molecule has 0 fully saturated rings. The van der Waals surface area contributed by atoms with Crippen LogP contribution in [0.1, 0.15) is 12.7 Å². The Bertz CT molecular complexity index is 417. The summed E-state index contributed by atoms with van der Waals surface area (Å²) in [6, 6.07) is 3.39. The third kappa shape index (κ3) is 5.80. The smallest absolute Gasteiger partial charge is 0.309 e. The van der Waals surface area contributed by atoms with Gasteiger partial charge in [0.05, 0.1) is 18.4 Å². The fourth-order valence-corrected chi connectivity index (χ4v) is 2.10. The maximum atomic E-state index is 11.5. The topological polar surface area (TPSA) is 91.6 Å². The zero-order chi connectivity index (χ0) is 14.3. The van der Waals surface area contributed by atoms with Crippen molar-refractivity contribution >= 4 is 23.6 Å². The van der Waals surface area contributed by atoms with Crippen molar-refractivity contribution in [2.24, 2.45) is 0 Å². The molecule has 7 heteroatoms. The summed E-state index contributed by atoms with van der Waals surface area (Å²) in [4.78, 5) is 22.9. The number of thioether (sulfide) groups is 1. The number of nitrogens with one attached hydrogen (secondary N) is 2. The van der Waals surface area contributed by atoms with Crippen LogP contribution in [0.3, 0.4) is 0 Å². The van der Waals surface area contributed by atoms with E-state index in [2.05, 4.69) is 10.6 Å². The minimum absolute atomic E-state index is 0.0286. The van der Waals surface area contributed by atoms with Crippen molar-refractivity contribution in [3.05, 3.63) is 24.2 Å². The van der Waals surface area contributed by atoms with E-state index in [0.717, 1.165) is 0 Å². The first-order valence-corrected chi connectivity index (χ1v) is 7.14. The van der Waals surface area contributed by atoms with E-state index in [4.69, 9.17) is 4.42 Å². The minimum Gasteiger partial charge on any atom is -0.467 e. The van der Waals surface area contributed by atoms with Crippen LogP contribution in [-0.2, 0) is 16.1 Å². The number of carbonyl (C=O) groups excluding carboxylic acids is 2. The van der Waals surface area contributed by atoms with Crippen molar-refractivity contribution in [2.45, 2.75) is 19.1 Å². The summed E-state index contributed by atoms with van der Waals surface area (Å²) in [5, 5.41) is 14.7. The van der Waals surface area contributed by atoms with Crippen LogP contribution in [0, 0.1) is 0 Å². The van der Waals surface area contributed by atoms with Crippen LogP contribution in [0.2, 0.25) is 0 Å². The molecule has 0 spiro atoms. The highest BCUT2D eigenvalue weighted by Crippen LogP contribution is 2.08. The Balaban J connectivity index is 2.31. The SMILES string of the molecule is CSCC(C)(O)CNC(=O)C(=O)NCc1ccco1. The lowest BCUT2D eigenvalue weighted by atomic mass is 10.1. The molecule has 0 aliphatic carbocycles. The molecule has 0 aromatic carbocycles. The average Bonchev–Trinajstić information content (AvgIpc) is 2.86. The molecule has 1 aromatic rings. The molecule has 0 aliphatic heterocycles. The van der Waals surface area contributed by atoms with E-state index in [1.165, 1.54) is 18.0 Å². The third-order valence-corrected chi connectivity index (χ3v) is 3.21. The molecule has 1 heterocycles. The van der Waals surface area contributed by atoms with E-state index < -0.39 is 17.4 Å². The number of hydrogen-bond acceptors (Lipinski definition) is 5. The number of furan rings is 1. The van der Waals surface area contributed by atoms with Crippen molar-refractivity contribution in [3.63, 3.8) is 0 Å². The van der Waals surface area contributed by atoms with E-state index in [0.29, 0.717) is 11.5 Å². The molecule has 2 amide bonds. The number of hydrogen-bond donors (Lipinski definition) is 3. The summed E-state index contributed by atoms with van der Waals surface area (Å²) in [5.41, 5.74) is -1.03. The van der Waals surface area contributed by atoms with Crippen molar-refractivity contribution < 1.29 is 19.1 Å². The summed E-state index contributed by atoms with van der Waals surface area (Å²) in [7, 11) is 0. The first-order valence-electron chi connectivity index (χ1n) is 5.74. The Labute approximate surface area is 115 Å². The number of rotatable bonds is 6. The van der Waals surface area contributed by atoms with Crippen LogP contribution < -0.4 is 10.6 Å². The Kier molecular flexibility index (Phi) is 5.91. The van der Waals surface area contributed by atoms with Gasteiger partial charge in [0.25, 0.3) is 0 Å². The third-order valence-electron chi connectivity index (χ3n) is 2.29. The molecule has 0 radical (unpaired) electrons. The number of aliphatic hydroxyl groups is 1. The van der Waals surface area contributed by atoms with Gasteiger partial charge in [0.1, 0.15) is 5.76 Å². The summed E-state index contributed by atoms with van der Waals surface area (Å²) in [5.74, 6) is -0.485. The molecule has 19 heavy (non-hydrogen) atoms. The van der Waals surface area contributed by atoms with Gasteiger partial charge in [-0.25, -0.2) is 0 Å². The van der Waals surface area contributed by atoms with E-state index in [9.17, 15) is 14.7 Å². The van der Waals surface area contributed by atoms with E-state index in [1.54, 1.807) is 19.1 Å². The second-order valence-electron chi connectivity index (χ2n) is 4.37. The summed E-state index contributed by atoms with van der Waals surface area (Å²) >= 11 is 1.46. The minimum atomic E-state index is -1.03. The standard InChI is InChI=1S/C12H18N2O4S/c1-12(17,8-19-2)7-14-11(16)10(15)13-6-9-4-3-5-18-9/h3-5,17H,6-8H2,1-2H3,(H,13,15)(H,14,16). The van der Waals surface area contributed by atoms with Gasteiger partial charge < -0.3 is 20.2 Å². The molecule has 0 saturated heterocycles. The molecular formula is C12H18N2O4S. The van der Waals surface area contributed by atoms with Gasteiger partial charge in [-0.1, -0.05) is 0 Å². The van der Waals surface area contributed by atoms with Crippen molar-refractivity contribution in [2.75, 3.05) is 18.6 Å². The fraction of sp³-hybridized carbons (Fsp3) is 0.500. The van der Waals surface area contributed by atoms with Crippen molar-refractivity contribution in [1.82, 2.24) is 10.6 Å². The van der Waals surface area contributed by atoms with Crippen LogP contribution in [-0.4, -0.2) is 41.1 Å².